The molecule has 2 atom stereocenters. The lowest BCUT2D eigenvalue weighted by Crippen LogP contribution is -2.20. The van der Waals surface area contributed by atoms with Crippen molar-refractivity contribution in [2.45, 2.75) is 31.9 Å². The Morgan fingerprint density at radius 1 is 1.38 bits per heavy atom. The van der Waals surface area contributed by atoms with E-state index in [2.05, 4.69) is 15.5 Å². The summed E-state index contributed by atoms with van der Waals surface area (Å²) in [6.45, 7) is 1.91. The molecule has 0 fully saturated rings. The summed E-state index contributed by atoms with van der Waals surface area (Å²) < 4.78 is 7.06. The molecule has 2 aromatic rings. The molecule has 2 unspecified atom stereocenters. The zero-order valence-electron chi connectivity index (χ0n) is 12.0. The summed E-state index contributed by atoms with van der Waals surface area (Å²) in [5.74, 6) is -0.367. The second-order valence-corrected chi connectivity index (χ2v) is 4.67. The molecule has 7 nitrogen and oxygen atoms in total. The SMILES string of the molecule is CCC(CC(=O)O)n1nnnc1C(OC)c1ccccc1. The number of hydrogen-bond donors (Lipinski definition) is 1. The first kappa shape index (κ1) is 15.1. The monoisotopic (exact) mass is 290 g/mol. The number of methoxy groups -OCH3 is 1. The van der Waals surface area contributed by atoms with Crippen LogP contribution in [0.2, 0.25) is 0 Å². The molecule has 21 heavy (non-hydrogen) atoms. The number of benzene rings is 1. The van der Waals surface area contributed by atoms with Gasteiger partial charge in [-0.05, 0) is 22.4 Å². The summed E-state index contributed by atoms with van der Waals surface area (Å²) in [7, 11) is 1.58. The maximum Gasteiger partial charge on any atom is 0.305 e. The lowest BCUT2D eigenvalue weighted by molar-refractivity contribution is -0.138. The highest BCUT2D eigenvalue weighted by molar-refractivity contribution is 5.67. The number of aromatic nitrogens is 4. The number of nitrogens with zero attached hydrogens (tertiary/aromatic N) is 4. The number of rotatable bonds is 7. The molecule has 0 bridgehead atoms. The van der Waals surface area contributed by atoms with Gasteiger partial charge in [0.05, 0.1) is 12.5 Å². The van der Waals surface area contributed by atoms with E-state index in [1.807, 2.05) is 37.3 Å². The van der Waals surface area contributed by atoms with Crippen molar-refractivity contribution in [1.82, 2.24) is 20.2 Å². The van der Waals surface area contributed by atoms with Crippen molar-refractivity contribution in [1.29, 1.82) is 0 Å². The van der Waals surface area contributed by atoms with Crippen LogP contribution in [0.3, 0.4) is 0 Å². The molecule has 0 spiro atoms. The van der Waals surface area contributed by atoms with E-state index in [9.17, 15) is 4.79 Å². The molecule has 0 saturated carbocycles. The summed E-state index contributed by atoms with van der Waals surface area (Å²) in [5.41, 5.74) is 0.918. The second kappa shape index (κ2) is 6.94. The molecule has 7 heteroatoms. The Hall–Kier alpha value is -2.28. The van der Waals surface area contributed by atoms with Crippen LogP contribution in [0.25, 0.3) is 0 Å². The molecule has 0 aliphatic heterocycles. The van der Waals surface area contributed by atoms with Gasteiger partial charge in [0.15, 0.2) is 5.82 Å². The molecule has 1 aromatic heterocycles. The van der Waals surface area contributed by atoms with Crippen LogP contribution in [0.4, 0.5) is 0 Å². The van der Waals surface area contributed by atoms with Crippen molar-refractivity contribution in [3.63, 3.8) is 0 Å². The molecule has 0 saturated heterocycles. The number of ether oxygens (including phenoxy) is 1. The van der Waals surface area contributed by atoms with Crippen LogP contribution < -0.4 is 0 Å². The molecule has 0 amide bonds. The first-order chi connectivity index (χ1) is 10.2. The van der Waals surface area contributed by atoms with E-state index in [1.165, 1.54) is 0 Å². The van der Waals surface area contributed by atoms with Gasteiger partial charge in [-0.2, -0.15) is 0 Å². The molecular formula is C14H18N4O3. The molecule has 0 aliphatic rings. The Kier molecular flexibility index (Phi) is 4.99. The molecule has 0 aliphatic carbocycles. The summed E-state index contributed by atoms with van der Waals surface area (Å²) in [6.07, 6.45) is 0.166. The van der Waals surface area contributed by atoms with E-state index in [0.717, 1.165) is 5.56 Å². The first-order valence-electron chi connectivity index (χ1n) is 6.74. The number of aliphatic carboxylic acids is 1. The summed E-state index contributed by atoms with van der Waals surface area (Å²) in [5, 5.41) is 20.7. The number of tetrazole rings is 1. The lowest BCUT2D eigenvalue weighted by Gasteiger charge is -2.19. The molecule has 2 rings (SSSR count). The van der Waals surface area contributed by atoms with Crippen molar-refractivity contribution in [3.05, 3.63) is 41.7 Å². The number of carbonyl (C=O) groups is 1. The Balaban J connectivity index is 2.35. The third kappa shape index (κ3) is 3.43. The van der Waals surface area contributed by atoms with Crippen LogP contribution in [0.1, 0.15) is 43.3 Å². The van der Waals surface area contributed by atoms with Crippen molar-refractivity contribution in [2.75, 3.05) is 7.11 Å². The van der Waals surface area contributed by atoms with Gasteiger partial charge >= 0.3 is 5.97 Å². The van der Waals surface area contributed by atoms with Crippen LogP contribution >= 0.6 is 0 Å². The molecule has 1 aromatic carbocycles. The first-order valence-corrected chi connectivity index (χ1v) is 6.74. The number of hydrogen-bond acceptors (Lipinski definition) is 5. The van der Waals surface area contributed by atoms with Crippen LogP contribution in [0.5, 0.6) is 0 Å². The number of carboxylic acids is 1. The maximum atomic E-state index is 11.0. The van der Waals surface area contributed by atoms with Crippen LogP contribution in [-0.4, -0.2) is 38.4 Å². The predicted molar refractivity (Wildman–Crippen MR) is 74.7 cm³/mol. The van der Waals surface area contributed by atoms with Gasteiger partial charge in [-0.15, -0.1) is 5.10 Å². The highest BCUT2D eigenvalue weighted by atomic mass is 16.5. The standard InChI is InChI=1S/C14H18N4O3/c1-3-11(9-12(19)20)18-14(15-16-17-18)13(21-2)10-7-5-4-6-8-10/h4-8,11,13H,3,9H2,1-2H3,(H,19,20). The van der Waals surface area contributed by atoms with E-state index in [1.54, 1.807) is 11.8 Å². The lowest BCUT2D eigenvalue weighted by atomic mass is 10.1. The fourth-order valence-corrected chi connectivity index (χ4v) is 2.26. The highest BCUT2D eigenvalue weighted by Crippen LogP contribution is 2.26. The zero-order chi connectivity index (χ0) is 15.2. The Bertz CT molecular complexity index is 585. The van der Waals surface area contributed by atoms with Crippen molar-refractivity contribution in [3.8, 4) is 0 Å². The van der Waals surface area contributed by atoms with Crippen LogP contribution in [-0.2, 0) is 9.53 Å². The average molecular weight is 290 g/mol. The van der Waals surface area contributed by atoms with Gasteiger partial charge < -0.3 is 9.84 Å². The van der Waals surface area contributed by atoms with E-state index in [0.29, 0.717) is 12.2 Å². The van der Waals surface area contributed by atoms with E-state index < -0.39 is 12.1 Å². The zero-order valence-corrected chi connectivity index (χ0v) is 12.0. The van der Waals surface area contributed by atoms with E-state index in [-0.39, 0.29) is 12.5 Å². The quantitative estimate of drug-likeness (QED) is 0.836. The van der Waals surface area contributed by atoms with Gasteiger partial charge in [-0.25, -0.2) is 4.68 Å². The summed E-state index contributed by atoms with van der Waals surface area (Å²) in [6, 6.07) is 9.28. The smallest absolute Gasteiger partial charge is 0.305 e. The van der Waals surface area contributed by atoms with Crippen molar-refractivity contribution in [2.24, 2.45) is 0 Å². The largest absolute Gasteiger partial charge is 0.481 e. The Labute approximate surface area is 122 Å². The normalized spacial score (nSPS) is 13.8. The topological polar surface area (TPSA) is 90.1 Å². The van der Waals surface area contributed by atoms with E-state index >= 15 is 0 Å². The van der Waals surface area contributed by atoms with E-state index in [4.69, 9.17) is 9.84 Å². The minimum absolute atomic E-state index is 0.0280. The molecule has 112 valence electrons. The van der Waals surface area contributed by atoms with Gasteiger partial charge in [-0.3, -0.25) is 4.79 Å². The molecule has 1 heterocycles. The second-order valence-electron chi connectivity index (χ2n) is 4.67. The minimum Gasteiger partial charge on any atom is -0.481 e. The molecule has 0 radical (unpaired) electrons. The third-order valence-electron chi connectivity index (χ3n) is 3.32. The average Bonchev–Trinajstić information content (AvgIpc) is 2.96. The van der Waals surface area contributed by atoms with Gasteiger partial charge in [0.2, 0.25) is 0 Å². The molecular weight excluding hydrogens is 272 g/mol. The van der Waals surface area contributed by atoms with Crippen LogP contribution in [0, 0.1) is 0 Å². The summed E-state index contributed by atoms with van der Waals surface area (Å²) in [4.78, 5) is 11.0. The van der Waals surface area contributed by atoms with Crippen molar-refractivity contribution >= 4 is 5.97 Å². The van der Waals surface area contributed by atoms with Crippen molar-refractivity contribution < 1.29 is 14.6 Å². The number of carboxylic acid groups (broad SMARTS) is 1. The fraction of sp³-hybridized carbons (Fsp3) is 0.429. The maximum absolute atomic E-state index is 11.0. The Morgan fingerprint density at radius 2 is 2.10 bits per heavy atom. The molecule has 1 N–H and O–H groups in total. The van der Waals surface area contributed by atoms with Gasteiger partial charge in [0, 0.05) is 7.11 Å². The highest BCUT2D eigenvalue weighted by Gasteiger charge is 2.25. The predicted octanol–water partition coefficient (Wildman–Crippen LogP) is 1.83. The van der Waals surface area contributed by atoms with Gasteiger partial charge in [-0.1, -0.05) is 37.3 Å². The summed E-state index contributed by atoms with van der Waals surface area (Å²) >= 11 is 0. The third-order valence-corrected chi connectivity index (χ3v) is 3.32. The Morgan fingerprint density at radius 3 is 2.67 bits per heavy atom. The van der Waals surface area contributed by atoms with Gasteiger partial charge in [0.25, 0.3) is 0 Å². The van der Waals surface area contributed by atoms with Gasteiger partial charge in [0.1, 0.15) is 6.10 Å². The minimum atomic E-state index is -0.878. The fourth-order valence-electron chi connectivity index (χ4n) is 2.26. The van der Waals surface area contributed by atoms with Crippen LogP contribution in [0.15, 0.2) is 30.3 Å².